The summed E-state index contributed by atoms with van der Waals surface area (Å²) in [6.07, 6.45) is 1.86. The van der Waals surface area contributed by atoms with Crippen molar-refractivity contribution in [3.8, 4) is 0 Å². The van der Waals surface area contributed by atoms with Crippen LogP contribution in [0.3, 0.4) is 0 Å². The van der Waals surface area contributed by atoms with E-state index < -0.39 is 0 Å². The summed E-state index contributed by atoms with van der Waals surface area (Å²) in [6, 6.07) is 31.2. The molecule has 4 aromatic carbocycles. The van der Waals surface area contributed by atoms with Crippen LogP contribution in [0.25, 0.3) is 32.4 Å². The van der Waals surface area contributed by atoms with Gasteiger partial charge >= 0.3 is 0 Å². The van der Waals surface area contributed by atoms with Gasteiger partial charge in [-0.2, -0.15) is 5.10 Å². The van der Waals surface area contributed by atoms with Crippen LogP contribution in [0.5, 0.6) is 0 Å². The van der Waals surface area contributed by atoms with Crippen molar-refractivity contribution >= 4 is 44.5 Å². The van der Waals surface area contributed by atoms with Gasteiger partial charge < -0.3 is 0 Å². The second kappa shape index (κ2) is 6.54. The standard InChI is InChI=1S/C24H17N3/c1-2-8-19-15-22-20(14-18(19)7-1)9-5-10-21(22)16-25-27-24-13-12-17-6-3-4-11-23(17)26-24/h1-16H,(H,26,27). The summed E-state index contributed by atoms with van der Waals surface area (Å²) in [6.45, 7) is 0. The zero-order valence-corrected chi connectivity index (χ0v) is 14.6. The highest BCUT2D eigenvalue weighted by Gasteiger charge is 2.02. The highest BCUT2D eigenvalue weighted by molar-refractivity contribution is 6.06. The number of anilines is 1. The Kier molecular flexibility index (Phi) is 3.76. The average molecular weight is 347 g/mol. The Hall–Kier alpha value is -3.72. The summed E-state index contributed by atoms with van der Waals surface area (Å²) in [5.74, 6) is 0.732. The lowest BCUT2D eigenvalue weighted by atomic mass is 10.0. The van der Waals surface area contributed by atoms with Gasteiger partial charge in [-0.05, 0) is 51.9 Å². The first-order valence-electron chi connectivity index (χ1n) is 8.93. The zero-order chi connectivity index (χ0) is 18.1. The van der Waals surface area contributed by atoms with Gasteiger partial charge in [0.15, 0.2) is 0 Å². The smallest absolute Gasteiger partial charge is 0.146 e. The number of hydrazone groups is 1. The number of aromatic nitrogens is 1. The van der Waals surface area contributed by atoms with E-state index >= 15 is 0 Å². The number of nitrogens with zero attached hydrogens (tertiary/aromatic N) is 2. The van der Waals surface area contributed by atoms with Crippen LogP contribution in [-0.4, -0.2) is 11.2 Å². The Labute approximate surface area is 157 Å². The van der Waals surface area contributed by atoms with E-state index in [4.69, 9.17) is 0 Å². The van der Waals surface area contributed by atoms with Crippen molar-refractivity contribution < 1.29 is 0 Å². The topological polar surface area (TPSA) is 37.3 Å². The zero-order valence-electron chi connectivity index (χ0n) is 14.6. The van der Waals surface area contributed by atoms with Gasteiger partial charge in [0.25, 0.3) is 0 Å². The first-order chi connectivity index (χ1) is 13.4. The first-order valence-corrected chi connectivity index (χ1v) is 8.93. The van der Waals surface area contributed by atoms with Crippen LogP contribution in [-0.2, 0) is 0 Å². The van der Waals surface area contributed by atoms with Crippen molar-refractivity contribution in [1.82, 2.24) is 4.98 Å². The van der Waals surface area contributed by atoms with Crippen LogP contribution in [0.1, 0.15) is 5.56 Å². The van der Waals surface area contributed by atoms with E-state index in [2.05, 4.69) is 76.2 Å². The monoisotopic (exact) mass is 347 g/mol. The average Bonchev–Trinajstić information content (AvgIpc) is 2.72. The number of rotatable bonds is 3. The molecule has 1 aromatic heterocycles. The van der Waals surface area contributed by atoms with Gasteiger partial charge in [0.2, 0.25) is 0 Å². The van der Waals surface area contributed by atoms with Gasteiger partial charge in [-0.1, -0.05) is 60.7 Å². The highest BCUT2D eigenvalue weighted by Crippen LogP contribution is 2.25. The number of hydrogen-bond acceptors (Lipinski definition) is 3. The molecular weight excluding hydrogens is 330 g/mol. The number of fused-ring (bicyclic) bond motifs is 3. The van der Waals surface area contributed by atoms with E-state index in [1.807, 2.05) is 36.5 Å². The minimum atomic E-state index is 0.732. The molecule has 0 atom stereocenters. The number of nitrogens with one attached hydrogen (secondary N) is 1. The number of para-hydroxylation sites is 1. The van der Waals surface area contributed by atoms with Crippen molar-refractivity contribution in [2.24, 2.45) is 5.10 Å². The molecule has 0 aliphatic heterocycles. The molecule has 27 heavy (non-hydrogen) atoms. The van der Waals surface area contributed by atoms with Crippen molar-refractivity contribution in [2.75, 3.05) is 5.43 Å². The van der Waals surface area contributed by atoms with Gasteiger partial charge in [-0.15, -0.1) is 0 Å². The molecule has 5 rings (SSSR count). The van der Waals surface area contributed by atoms with Crippen molar-refractivity contribution in [3.63, 3.8) is 0 Å². The van der Waals surface area contributed by atoms with E-state index in [9.17, 15) is 0 Å². The minimum absolute atomic E-state index is 0.732. The minimum Gasteiger partial charge on any atom is -0.261 e. The van der Waals surface area contributed by atoms with E-state index in [-0.39, 0.29) is 0 Å². The summed E-state index contributed by atoms with van der Waals surface area (Å²) < 4.78 is 0. The second-order valence-electron chi connectivity index (χ2n) is 6.53. The number of benzene rings is 4. The number of hydrogen-bond donors (Lipinski definition) is 1. The molecule has 0 bridgehead atoms. The van der Waals surface area contributed by atoms with Gasteiger partial charge in [0, 0.05) is 10.9 Å². The van der Waals surface area contributed by atoms with Crippen LogP contribution in [0.4, 0.5) is 5.82 Å². The lowest BCUT2D eigenvalue weighted by molar-refractivity contribution is 1.26. The van der Waals surface area contributed by atoms with Crippen LogP contribution >= 0.6 is 0 Å². The maximum Gasteiger partial charge on any atom is 0.146 e. The molecule has 5 aromatic rings. The third kappa shape index (κ3) is 3.00. The molecule has 3 heteroatoms. The molecule has 0 saturated carbocycles. The molecule has 0 radical (unpaired) electrons. The van der Waals surface area contributed by atoms with Gasteiger partial charge in [-0.3, -0.25) is 5.43 Å². The summed E-state index contributed by atoms with van der Waals surface area (Å²) in [7, 11) is 0. The molecule has 1 N–H and O–H groups in total. The predicted octanol–water partition coefficient (Wildman–Crippen LogP) is 5.99. The normalized spacial score (nSPS) is 11.6. The fraction of sp³-hybridized carbons (Fsp3) is 0. The molecule has 0 unspecified atom stereocenters. The Bertz CT molecular complexity index is 1310. The lowest BCUT2D eigenvalue weighted by Crippen LogP contribution is -1.94. The van der Waals surface area contributed by atoms with Crippen molar-refractivity contribution in [3.05, 3.63) is 96.6 Å². The molecular formula is C24H17N3. The SMILES string of the molecule is C(=NNc1ccc2ccccc2n1)c1cccc2cc3ccccc3cc12. The highest BCUT2D eigenvalue weighted by atomic mass is 15.3. The van der Waals surface area contributed by atoms with Gasteiger partial charge in [-0.25, -0.2) is 4.98 Å². The van der Waals surface area contributed by atoms with Crippen LogP contribution in [0.2, 0.25) is 0 Å². The van der Waals surface area contributed by atoms with Crippen LogP contribution < -0.4 is 5.43 Å². The maximum atomic E-state index is 4.58. The third-order valence-corrected chi connectivity index (χ3v) is 4.76. The van der Waals surface area contributed by atoms with Crippen molar-refractivity contribution in [2.45, 2.75) is 0 Å². The molecule has 3 nitrogen and oxygen atoms in total. The molecule has 128 valence electrons. The van der Waals surface area contributed by atoms with E-state index in [0.29, 0.717) is 0 Å². The Balaban J connectivity index is 1.48. The maximum absolute atomic E-state index is 4.58. The molecule has 0 aliphatic carbocycles. The molecule has 0 amide bonds. The lowest BCUT2D eigenvalue weighted by Gasteiger charge is -2.06. The van der Waals surface area contributed by atoms with Gasteiger partial charge in [0.1, 0.15) is 5.82 Å². The summed E-state index contributed by atoms with van der Waals surface area (Å²) in [5, 5.41) is 10.4. The molecule has 0 saturated heterocycles. The Morgan fingerprint density at radius 1 is 0.667 bits per heavy atom. The molecule has 0 aliphatic rings. The van der Waals surface area contributed by atoms with Crippen molar-refractivity contribution in [1.29, 1.82) is 0 Å². The predicted molar refractivity (Wildman–Crippen MR) is 114 cm³/mol. The van der Waals surface area contributed by atoms with Crippen LogP contribution in [0.15, 0.2) is 96.1 Å². The molecule has 1 heterocycles. The Morgan fingerprint density at radius 2 is 1.41 bits per heavy atom. The quantitative estimate of drug-likeness (QED) is 0.247. The van der Waals surface area contributed by atoms with E-state index in [1.54, 1.807) is 0 Å². The van der Waals surface area contributed by atoms with E-state index in [0.717, 1.165) is 22.3 Å². The largest absolute Gasteiger partial charge is 0.261 e. The molecule has 0 spiro atoms. The summed E-state index contributed by atoms with van der Waals surface area (Å²) in [5.41, 5.74) is 5.07. The van der Waals surface area contributed by atoms with E-state index in [1.165, 1.54) is 21.5 Å². The van der Waals surface area contributed by atoms with Crippen LogP contribution in [0, 0.1) is 0 Å². The first kappa shape index (κ1) is 15.5. The fourth-order valence-corrected chi connectivity index (χ4v) is 3.40. The fourth-order valence-electron chi connectivity index (χ4n) is 3.40. The summed E-state index contributed by atoms with van der Waals surface area (Å²) in [4.78, 5) is 4.58. The summed E-state index contributed by atoms with van der Waals surface area (Å²) >= 11 is 0. The second-order valence-corrected chi connectivity index (χ2v) is 6.53. The molecule has 0 fully saturated rings. The number of pyridine rings is 1. The third-order valence-electron chi connectivity index (χ3n) is 4.76. The van der Waals surface area contributed by atoms with Gasteiger partial charge in [0.05, 0.1) is 11.7 Å². The Morgan fingerprint density at radius 3 is 2.30 bits per heavy atom.